The van der Waals surface area contributed by atoms with E-state index in [1.165, 1.54) is 6.42 Å². The van der Waals surface area contributed by atoms with Crippen LogP contribution in [-0.2, 0) is 11.3 Å². The summed E-state index contributed by atoms with van der Waals surface area (Å²) in [5.41, 5.74) is 1.03. The maximum Gasteiger partial charge on any atom is 0.231 e. The lowest BCUT2D eigenvalue weighted by Crippen LogP contribution is -2.43. The highest BCUT2D eigenvalue weighted by Gasteiger charge is 2.23. The van der Waals surface area contributed by atoms with Crippen molar-refractivity contribution in [1.82, 2.24) is 4.90 Å². The Morgan fingerprint density at radius 3 is 2.74 bits per heavy atom. The second-order valence-corrected chi connectivity index (χ2v) is 7.02. The van der Waals surface area contributed by atoms with Crippen LogP contribution in [0.5, 0.6) is 11.5 Å². The Morgan fingerprint density at radius 2 is 1.96 bits per heavy atom. The van der Waals surface area contributed by atoms with Gasteiger partial charge in [-0.1, -0.05) is 19.9 Å². The molecule has 1 fully saturated rings. The SMILES string of the molecule is C[C@@H]1C[C@@H](C)CN(C[C@H](O)COCc2ccc3c(c2)OCO3)C1. The minimum Gasteiger partial charge on any atom is -0.454 e. The largest absolute Gasteiger partial charge is 0.454 e. The molecular formula is C18H27NO4. The van der Waals surface area contributed by atoms with Crippen molar-refractivity contribution in [3.05, 3.63) is 23.8 Å². The zero-order valence-electron chi connectivity index (χ0n) is 14.0. The van der Waals surface area contributed by atoms with E-state index in [0.717, 1.165) is 30.2 Å². The number of aliphatic hydroxyl groups excluding tert-OH is 1. The summed E-state index contributed by atoms with van der Waals surface area (Å²) >= 11 is 0. The van der Waals surface area contributed by atoms with Crippen molar-refractivity contribution in [2.75, 3.05) is 33.0 Å². The Morgan fingerprint density at radius 1 is 1.22 bits per heavy atom. The number of ether oxygens (including phenoxy) is 3. The monoisotopic (exact) mass is 321 g/mol. The van der Waals surface area contributed by atoms with Crippen molar-refractivity contribution in [1.29, 1.82) is 0 Å². The predicted molar refractivity (Wildman–Crippen MR) is 87.6 cm³/mol. The van der Waals surface area contributed by atoms with Gasteiger partial charge in [-0.2, -0.15) is 0 Å². The molecule has 0 unspecified atom stereocenters. The second-order valence-electron chi connectivity index (χ2n) is 7.02. The van der Waals surface area contributed by atoms with Crippen LogP contribution in [0.25, 0.3) is 0 Å². The predicted octanol–water partition coefficient (Wildman–Crippen LogP) is 2.27. The summed E-state index contributed by atoms with van der Waals surface area (Å²) in [5, 5.41) is 10.2. The summed E-state index contributed by atoms with van der Waals surface area (Å²) in [6.07, 6.45) is 0.842. The van der Waals surface area contributed by atoms with Crippen LogP contribution in [0.4, 0.5) is 0 Å². The number of fused-ring (bicyclic) bond motifs is 1. The Hall–Kier alpha value is -1.30. The van der Waals surface area contributed by atoms with Gasteiger partial charge in [-0.25, -0.2) is 0 Å². The Balaban J connectivity index is 1.40. The van der Waals surface area contributed by atoms with E-state index in [2.05, 4.69) is 18.7 Å². The highest BCUT2D eigenvalue weighted by atomic mass is 16.7. The summed E-state index contributed by atoms with van der Waals surface area (Å²) in [6.45, 7) is 8.51. The van der Waals surface area contributed by atoms with E-state index >= 15 is 0 Å². The zero-order valence-corrected chi connectivity index (χ0v) is 14.0. The smallest absolute Gasteiger partial charge is 0.231 e. The number of hydrogen-bond donors (Lipinski definition) is 1. The molecule has 2 aliphatic rings. The first-order valence-electron chi connectivity index (χ1n) is 8.47. The normalized spacial score (nSPS) is 25.5. The third-order valence-corrected chi connectivity index (χ3v) is 4.43. The van der Waals surface area contributed by atoms with E-state index in [1.54, 1.807) is 0 Å². The van der Waals surface area contributed by atoms with Gasteiger partial charge >= 0.3 is 0 Å². The van der Waals surface area contributed by atoms with Crippen molar-refractivity contribution < 1.29 is 19.3 Å². The molecule has 2 aliphatic heterocycles. The van der Waals surface area contributed by atoms with Gasteiger partial charge in [0.15, 0.2) is 11.5 Å². The van der Waals surface area contributed by atoms with Gasteiger partial charge in [-0.15, -0.1) is 0 Å². The molecule has 128 valence electrons. The van der Waals surface area contributed by atoms with Gasteiger partial charge in [-0.3, -0.25) is 0 Å². The molecular weight excluding hydrogens is 294 g/mol. The number of benzene rings is 1. The molecule has 0 radical (unpaired) electrons. The molecule has 0 saturated carbocycles. The highest BCUT2D eigenvalue weighted by molar-refractivity contribution is 5.44. The van der Waals surface area contributed by atoms with Crippen LogP contribution in [0, 0.1) is 11.8 Å². The van der Waals surface area contributed by atoms with E-state index < -0.39 is 6.10 Å². The topological polar surface area (TPSA) is 51.2 Å². The van der Waals surface area contributed by atoms with Crippen molar-refractivity contribution in [2.24, 2.45) is 11.8 Å². The van der Waals surface area contributed by atoms with Gasteiger partial charge in [0.25, 0.3) is 0 Å². The number of hydrogen-bond acceptors (Lipinski definition) is 5. The molecule has 0 aliphatic carbocycles. The molecule has 1 N–H and O–H groups in total. The molecule has 1 saturated heterocycles. The minimum atomic E-state index is -0.443. The maximum absolute atomic E-state index is 10.2. The van der Waals surface area contributed by atoms with Crippen LogP contribution in [0.3, 0.4) is 0 Å². The molecule has 0 amide bonds. The van der Waals surface area contributed by atoms with Crippen LogP contribution in [0.15, 0.2) is 18.2 Å². The van der Waals surface area contributed by atoms with E-state index in [4.69, 9.17) is 14.2 Å². The summed E-state index contributed by atoms with van der Waals surface area (Å²) in [4.78, 5) is 2.35. The fourth-order valence-electron chi connectivity index (χ4n) is 3.64. The zero-order chi connectivity index (χ0) is 16.2. The fourth-order valence-corrected chi connectivity index (χ4v) is 3.64. The molecule has 1 aromatic rings. The van der Waals surface area contributed by atoms with Gasteiger partial charge in [0.2, 0.25) is 6.79 Å². The molecule has 0 bridgehead atoms. The van der Waals surface area contributed by atoms with Crippen molar-refractivity contribution in [3.63, 3.8) is 0 Å². The van der Waals surface area contributed by atoms with E-state index in [1.807, 2.05) is 18.2 Å². The Labute approximate surface area is 138 Å². The Bertz CT molecular complexity index is 512. The van der Waals surface area contributed by atoms with Gasteiger partial charge in [0, 0.05) is 19.6 Å². The second kappa shape index (κ2) is 7.51. The Kier molecular flexibility index (Phi) is 5.41. The van der Waals surface area contributed by atoms with E-state index in [0.29, 0.717) is 31.6 Å². The van der Waals surface area contributed by atoms with Crippen molar-refractivity contribution >= 4 is 0 Å². The van der Waals surface area contributed by atoms with E-state index in [-0.39, 0.29) is 6.79 Å². The standard InChI is InChI=1S/C18H27NO4/c1-13-5-14(2)8-19(7-13)9-16(20)11-21-10-15-3-4-17-18(6-15)23-12-22-17/h3-4,6,13-14,16,20H,5,7-12H2,1-2H3/t13-,14-,16+/m1/s1. The first-order valence-corrected chi connectivity index (χ1v) is 8.47. The number of nitrogens with zero attached hydrogens (tertiary/aromatic N) is 1. The first-order chi connectivity index (χ1) is 11.1. The maximum atomic E-state index is 10.2. The number of rotatable bonds is 6. The van der Waals surface area contributed by atoms with Crippen molar-refractivity contribution in [3.8, 4) is 11.5 Å². The quantitative estimate of drug-likeness (QED) is 0.871. The summed E-state index contributed by atoms with van der Waals surface area (Å²) in [7, 11) is 0. The first kappa shape index (κ1) is 16.6. The summed E-state index contributed by atoms with van der Waals surface area (Å²) < 4.78 is 16.3. The number of likely N-dealkylation sites (tertiary alicyclic amines) is 1. The van der Waals surface area contributed by atoms with Gasteiger partial charge < -0.3 is 24.2 Å². The van der Waals surface area contributed by atoms with E-state index in [9.17, 15) is 5.11 Å². The fraction of sp³-hybridized carbons (Fsp3) is 0.667. The number of aliphatic hydroxyl groups is 1. The van der Waals surface area contributed by atoms with Crippen molar-refractivity contribution in [2.45, 2.75) is 33.0 Å². The summed E-state index contributed by atoms with van der Waals surface area (Å²) in [5.74, 6) is 2.96. The number of piperidine rings is 1. The molecule has 5 heteroatoms. The third kappa shape index (κ3) is 4.59. The lowest BCUT2D eigenvalue weighted by Gasteiger charge is -2.35. The highest BCUT2D eigenvalue weighted by Crippen LogP contribution is 2.32. The minimum absolute atomic E-state index is 0.283. The van der Waals surface area contributed by atoms with Crippen LogP contribution < -0.4 is 9.47 Å². The van der Waals surface area contributed by atoms with Gasteiger partial charge in [0.1, 0.15) is 0 Å². The number of β-amino-alcohol motifs (C(OH)–C–C–N with tert-alkyl or cyclic N) is 1. The molecule has 0 spiro atoms. The lowest BCUT2D eigenvalue weighted by molar-refractivity contribution is -0.000915. The molecule has 0 aromatic heterocycles. The van der Waals surface area contributed by atoms with Crippen LogP contribution in [-0.4, -0.2) is 49.1 Å². The lowest BCUT2D eigenvalue weighted by atomic mass is 9.92. The van der Waals surface area contributed by atoms with Crippen LogP contribution in [0.2, 0.25) is 0 Å². The average Bonchev–Trinajstić information content (AvgIpc) is 2.93. The molecule has 1 aromatic carbocycles. The van der Waals surface area contributed by atoms with Crippen LogP contribution in [0.1, 0.15) is 25.8 Å². The summed E-state index contributed by atoms with van der Waals surface area (Å²) in [6, 6.07) is 5.80. The van der Waals surface area contributed by atoms with Gasteiger partial charge in [-0.05, 0) is 36.0 Å². The third-order valence-electron chi connectivity index (χ3n) is 4.43. The molecule has 3 atom stereocenters. The van der Waals surface area contributed by atoms with Crippen LogP contribution >= 0.6 is 0 Å². The van der Waals surface area contributed by atoms with Gasteiger partial charge in [0.05, 0.1) is 19.3 Å². The average molecular weight is 321 g/mol. The molecule has 3 rings (SSSR count). The molecule has 5 nitrogen and oxygen atoms in total. The molecule has 2 heterocycles. The molecule has 23 heavy (non-hydrogen) atoms.